The van der Waals surface area contributed by atoms with Crippen LogP contribution in [-0.2, 0) is 6.54 Å². The Morgan fingerprint density at radius 1 is 1.55 bits per heavy atom. The maximum Gasteiger partial charge on any atom is 0.362 e. The zero-order valence-corrected chi connectivity index (χ0v) is 13.0. The van der Waals surface area contributed by atoms with E-state index in [1.165, 1.54) is 0 Å². The lowest BCUT2D eigenvalue weighted by Gasteiger charge is -2.03. The van der Waals surface area contributed by atoms with E-state index in [-0.39, 0.29) is 10.7 Å². The van der Waals surface area contributed by atoms with Crippen LogP contribution >= 0.6 is 23.2 Å². The molecule has 118 valence electrons. The van der Waals surface area contributed by atoms with Gasteiger partial charge in [0, 0.05) is 19.3 Å². The number of H-pyrrole nitrogens is 1. The molecule has 2 N–H and O–H groups in total. The van der Waals surface area contributed by atoms with Gasteiger partial charge in [0.2, 0.25) is 0 Å². The standard InChI is InChI=1S/C11H12Cl2N6O3/c1-6-7(12)5-18(17-6)4-2-3-14-11(20)9-8(13)10(16-15-9)19(21)22/h5H,2-4H2,1H3,(H,14,20)(H,15,16). The molecule has 0 aromatic carbocycles. The number of carbonyl (C=O) groups is 1. The van der Waals surface area contributed by atoms with Crippen LogP contribution in [0.5, 0.6) is 0 Å². The summed E-state index contributed by atoms with van der Waals surface area (Å²) in [6, 6.07) is 0. The second-order valence-electron chi connectivity index (χ2n) is 4.43. The van der Waals surface area contributed by atoms with E-state index in [0.29, 0.717) is 24.5 Å². The van der Waals surface area contributed by atoms with Crippen LogP contribution in [0.2, 0.25) is 10.0 Å². The molecular formula is C11H12Cl2N6O3. The number of aromatic amines is 1. The number of aryl methyl sites for hydroxylation is 2. The van der Waals surface area contributed by atoms with Gasteiger partial charge in [0.05, 0.1) is 10.7 Å². The topological polar surface area (TPSA) is 119 Å². The predicted molar refractivity (Wildman–Crippen MR) is 79.2 cm³/mol. The number of nitrogens with one attached hydrogen (secondary N) is 2. The minimum atomic E-state index is -0.740. The number of aromatic nitrogens is 4. The lowest BCUT2D eigenvalue weighted by Crippen LogP contribution is -2.26. The summed E-state index contributed by atoms with van der Waals surface area (Å²) in [6.45, 7) is 2.71. The van der Waals surface area contributed by atoms with E-state index in [4.69, 9.17) is 23.2 Å². The van der Waals surface area contributed by atoms with Crippen molar-refractivity contribution in [2.75, 3.05) is 6.54 Å². The fraction of sp³-hybridized carbons (Fsp3) is 0.364. The van der Waals surface area contributed by atoms with E-state index >= 15 is 0 Å². The molecule has 0 aliphatic heterocycles. The molecule has 0 saturated heterocycles. The number of rotatable bonds is 6. The van der Waals surface area contributed by atoms with E-state index < -0.39 is 16.6 Å². The Kier molecular flexibility index (Phi) is 4.99. The summed E-state index contributed by atoms with van der Waals surface area (Å²) < 4.78 is 1.68. The van der Waals surface area contributed by atoms with Crippen LogP contribution in [0, 0.1) is 17.0 Å². The molecule has 11 heteroatoms. The van der Waals surface area contributed by atoms with Gasteiger partial charge in [-0.2, -0.15) is 5.10 Å². The van der Waals surface area contributed by atoms with Crippen molar-refractivity contribution in [1.82, 2.24) is 25.3 Å². The minimum Gasteiger partial charge on any atom is -0.358 e. The van der Waals surface area contributed by atoms with Crippen molar-refractivity contribution in [3.8, 4) is 0 Å². The molecule has 2 aromatic rings. The Morgan fingerprint density at radius 3 is 2.82 bits per heavy atom. The molecule has 0 fully saturated rings. The van der Waals surface area contributed by atoms with Gasteiger partial charge in [0.25, 0.3) is 5.91 Å². The molecule has 2 rings (SSSR count). The summed E-state index contributed by atoms with van der Waals surface area (Å²) in [4.78, 5) is 21.7. The zero-order valence-electron chi connectivity index (χ0n) is 11.5. The molecular weight excluding hydrogens is 335 g/mol. The lowest BCUT2D eigenvalue weighted by atomic mass is 10.3. The van der Waals surface area contributed by atoms with Gasteiger partial charge in [-0.05, 0) is 18.3 Å². The van der Waals surface area contributed by atoms with Crippen LogP contribution in [0.25, 0.3) is 0 Å². The highest BCUT2D eigenvalue weighted by Gasteiger charge is 2.24. The first kappa shape index (κ1) is 16.2. The highest BCUT2D eigenvalue weighted by Crippen LogP contribution is 2.24. The maximum atomic E-state index is 11.8. The highest BCUT2D eigenvalue weighted by atomic mass is 35.5. The van der Waals surface area contributed by atoms with Gasteiger partial charge in [0.1, 0.15) is 0 Å². The third-order valence-electron chi connectivity index (χ3n) is 2.82. The van der Waals surface area contributed by atoms with E-state index in [2.05, 4.69) is 20.6 Å². The smallest absolute Gasteiger partial charge is 0.358 e. The molecule has 0 atom stereocenters. The first-order valence-corrected chi connectivity index (χ1v) is 7.01. The number of nitro groups is 1. The molecule has 2 heterocycles. The summed E-state index contributed by atoms with van der Waals surface area (Å²) in [5, 5.41) is 23.3. The van der Waals surface area contributed by atoms with Gasteiger partial charge in [0.15, 0.2) is 10.7 Å². The van der Waals surface area contributed by atoms with E-state index in [1.54, 1.807) is 17.8 Å². The van der Waals surface area contributed by atoms with Crippen LogP contribution < -0.4 is 5.32 Å². The Balaban J connectivity index is 1.84. The van der Waals surface area contributed by atoms with Gasteiger partial charge < -0.3 is 15.4 Å². The first-order chi connectivity index (χ1) is 10.4. The van der Waals surface area contributed by atoms with Crippen LogP contribution in [-0.4, -0.2) is 37.4 Å². The molecule has 2 aromatic heterocycles. The van der Waals surface area contributed by atoms with Crippen molar-refractivity contribution >= 4 is 34.9 Å². The SMILES string of the molecule is Cc1nn(CCCNC(=O)c2n[nH]c([N+](=O)[O-])c2Cl)cc1Cl. The molecule has 0 bridgehead atoms. The second-order valence-corrected chi connectivity index (χ2v) is 5.21. The number of carbonyl (C=O) groups excluding carboxylic acids is 1. The minimum absolute atomic E-state index is 0.202. The molecule has 22 heavy (non-hydrogen) atoms. The van der Waals surface area contributed by atoms with Crippen molar-refractivity contribution in [1.29, 1.82) is 0 Å². The summed E-state index contributed by atoms with van der Waals surface area (Å²) in [7, 11) is 0. The molecule has 0 aliphatic carbocycles. The molecule has 0 radical (unpaired) electrons. The Labute approximate surface area is 134 Å². The fourth-order valence-corrected chi connectivity index (χ4v) is 2.12. The number of amides is 1. The third-order valence-corrected chi connectivity index (χ3v) is 3.55. The van der Waals surface area contributed by atoms with Crippen molar-refractivity contribution in [3.05, 3.63) is 37.7 Å². The van der Waals surface area contributed by atoms with E-state index in [9.17, 15) is 14.9 Å². The van der Waals surface area contributed by atoms with Crippen LogP contribution in [0.4, 0.5) is 5.82 Å². The first-order valence-electron chi connectivity index (χ1n) is 6.26. The largest absolute Gasteiger partial charge is 0.362 e. The van der Waals surface area contributed by atoms with Crippen LogP contribution in [0.15, 0.2) is 6.20 Å². The van der Waals surface area contributed by atoms with Gasteiger partial charge in [-0.25, -0.2) is 0 Å². The predicted octanol–water partition coefficient (Wildman–Crippen LogP) is 1.95. The average molecular weight is 347 g/mol. The Morgan fingerprint density at radius 2 is 2.27 bits per heavy atom. The van der Waals surface area contributed by atoms with Crippen molar-refractivity contribution < 1.29 is 9.72 Å². The Hall–Kier alpha value is -2.13. The summed E-state index contributed by atoms with van der Waals surface area (Å²) in [5.41, 5.74) is 0.535. The quantitative estimate of drug-likeness (QED) is 0.470. The molecule has 0 saturated carbocycles. The third kappa shape index (κ3) is 3.55. The van der Waals surface area contributed by atoms with Crippen LogP contribution in [0.1, 0.15) is 22.6 Å². The zero-order chi connectivity index (χ0) is 16.3. The molecule has 1 amide bonds. The van der Waals surface area contributed by atoms with E-state index in [1.807, 2.05) is 0 Å². The molecule has 0 aliphatic rings. The van der Waals surface area contributed by atoms with Crippen molar-refractivity contribution in [2.45, 2.75) is 19.9 Å². The number of hydrogen-bond donors (Lipinski definition) is 2. The highest BCUT2D eigenvalue weighted by molar-refractivity contribution is 6.35. The van der Waals surface area contributed by atoms with E-state index in [0.717, 1.165) is 5.69 Å². The molecule has 0 spiro atoms. The summed E-state index contributed by atoms with van der Waals surface area (Å²) in [5.74, 6) is -1.09. The number of nitrogens with zero attached hydrogens (tertiary/aromatic N) is 4. The van der Waals surface area contributed by atoms with Gasteiger partial charge in [-0.15, -0.1) is 5.10 Å². The summed E-state index contributed by atoms with van der Waals surface area (Å²) in [6.07, 6.45) is 2.31. The maximum absolute atomic E-state index is 11.8. The lowest BCUT2D eigenvalue weighted by molar-refractivity contribution is -0.389. The molecule has 9 nitrogen and oxygen atoms in total. The van der Waals surface area contributed by atoms with Gasteiger partial charge >= 0.3 is 5.82 Å². The number of hydrogen-bond acceptors (Lipinski definition) is 5. The summed E-state index contributed by atoms with van der Waals surface area (Å²) >= 11 is 11.6. The van der Waals surface area contributed by atoms with Crippen molar-refractivity contribution in [3.63, 3.8) is 0 Å². The average Bonchev–Trinajstić information content (AvgIpc) is 2.98. The molecule has 0 unspecified atom stereocenters. The Bertz CT molecular complexity index is 691. The number of halogens is 2. The van der Waals surface area contributed by atoms with Crippen LogP contribution in [0.3, 0.4) is 0 Å². The fourth-order valence-electron chi connectivity index (χ4n) is 1.73. The van der Waals surface area contributed by atoms with Gasteiger partial charge in [-0.3, -0.25) is 9.48 Å². The van der Waals surface area contributed by atoms with Gasteiger partial charge in [-0.1, -0.05) is 28.3 Å². The van der Waals surface area contributed by atoms with Crippen molar-refractivity contribution in [2.24, 2.45) is 0 Å². The normalized spacial score (nSPS) is 10.7. The monoisotopic (exact) mass is 346 g/mol. The second kappa shape index (κ2) is 6.75.